The number of hydrogen-bond donors (Lipinski definition) is 2. The molecule has 0 saturated carbocycles. The van der Waals surface area contributed by atoms with Crippen LogP contribution in [-0.2, 0) is 10.3 Å². The Morgan fingerprint density at radius 2 is 2.28 bits per heavy atom. The smallest absolute Gasteiger partial charge is 0.303 e. The second-order valence-corrected chi connectivity index (χ2v) is 5.62. The standard InChI is InChI=1S/C13H22N2O2S/c1-4-13(3,12-15-10(2)9-18-12)14-8-6-5-7-11(16)17/h9,14H,4-8H2,1-3H3,(H,16,17). The Bertz CT molecular complexity index is 392. The van der Waals surface area contributed by atoms with Crippen LogP contribution in [0.5, 0.6) is 0 Å². The van der Waals surface area contributed by atoms with E-state index >= 15 is 0 Å². The summed E-state index contributed by atoms with van der Waals surface area (Å²) in [6, 6.07) is 0. The largest absolute Gasteiger partial charge is 0.481 e. The highest BCUT2D eigenvalue weighted by Crippen LogP contribution is 2.27. The number of aryl methyl sites for hydroxylation is 1. The number of rotatable bonds is 8. The fraction of sp³-hybridized carbons (Fsp3) is 0.692. The molecule has 1 aromatic rings. The lowest BCUT2D eigenvalue weighted by Gasteiger charge is -2.27. The van der Waals surface area contributed by atoms with Gasteiger partial charge in [0.1, 0.15) is 5.01 Å². The van der Waals surface area contributed by atoms with Gasteiger partial charge in [0.05, 0.1) is 5.54 Å². The Kier molecular flexibility index (Phi) is 5.75. The first-order valence-electron chi connectivity index (χ1n) is 6.37. The van der Waals surface area contributed by atoms with Gasteiger partial charge in [0.15, 0.2) is 0 Å². The first-order chi connectivity index (χ1) is 8.48. The van der Waals surface area contributed by atoms with E-state index in [4.69, 9.17) is 5.11 Å². The second kappa shape index (κ2) is 6.85. The number of unbranched alkanes of at least 4 members (excludes halogenated alkanes) is 1. The number of aromatic nitrogens is 1. The molecule has 0 amide bonds. The predicted octanol–water partition coefficient (Wildman–Crippen LogP) is 2.92. The maximum absolute atomic E-state index is 10.4. The summed E-state index contributed by atoms with van der Waals surface area (Å²) in [6.45, 7) is 7.13. The van der Waals surface area contributed by atoms with Gasteiger partial charge in [-0.05, 0) is 39.7 Å². The van der Waals surface area contributed by atoms with E-state index in [0.29, 0.717) is 0 Å². The van der Waals surface area contributed by atoms with Crippen LogP contribution in [0.3, 0.4) is 0 Å². The van der Waals surface area contributed by atoms with E-state index in [1.807, 2.05) is 6.92 Å². The van der Waals surface area contributed by atoms with E-state index in [0.717, 1.165) is 36.5 Å². The molecule has 5 heteroatoms. The highest BCUT2D eigenvalue weighted by molar-refractivity contribution is 7.09. The number of carboxylic acid groups (broad SMARTS) is 1. The van der Waals surface area contributed by atoms with E-state index in [2.05, 4.69) is 29.5 Å². The molecule has 1 rings (SSSR count). The molecular formula is C13H22N2O2S. The van der Waals surface area contributed by atoms with Crippen molar-refractivity contribution in [3.05, 3.63) is 16.1 Å². The first-order valence-corrected chi connectivity index (χ1v) is 7.25. The number of nitrogens with zero attached hydrogens (tertiary/aromatic N) is 1. The number of carbonyl (C=O) groups is 1. The van der Waals surface area contributed by atoms with Crippen LogP contribution in [0.25, 0.3) is 0 Å². The zero-order chi connectivity index (χ0) is 13.6. The van der Waals surface area contributed by atoms with Crippen LogP contribution in [0.4, 0.5) is 0 Å². The van der Waals surface area contributed by atoms with Crippen molar-refractivity contribution < 1.29 is 9.90 Å². The van der Waals surface area contributed by atoms with Crippen LogP contribution in [0.1, 0.15) is 50.2 Å². The Morgan fingerprint density at radius 1 is 1.56 bits per heavy atom. The van der Waals surface area contributed by atoms with Crippen molar-refractivity contribution in [2.24, 2.45) is 0 Å². The van der Waals surface area contributed by atoms with Gasteiger partial charge in [0.25, 0.3) is 0 Å². The van der Waals surface area contributed by atoms with Gasteiger partial charge in [0.2, 0.25) is 0 Å². The third-order valence-corrected chi connectivity index (χ3v) is 4.35. The van der Waals surface area contributed by atoms with E-state index in [-0.39, 0.29) is 12.0 Å². The minimum Gasteiger partial charge on any atom is -0.481 e. The van der Waals surface area contributed by atoms with E-state index in [1.54, 1.807) is 11.3 Å². The Morgan fingerprint density at radius 3 is 2.78 bits per heavy atom. The van der Waals surface area contributed by atoms with Crippen LogP contribution in [0, 0.1) is 6.92 Å². The molecule has 4 nitrogen and oxygen atoms in total. The maximum Gasteiger partial charge on any atom is 0.303 e. The highest BCUT2D eigenvalue weighted by Gasteiger charge is 2.26. The average Bonchev–Trinajstić information content (AvgIpc) is 2.75. The van der Waals surface area contributed by atoms with Crippen molar-refractivity contribution in [1.82, 2.24) is 10.3 Å². The molecule has 0 fully saturated rings. The summed E-state index contributed by atoms with van der Waals surface area (Å²) in [5.41, 5.74) is 0.963. The lowest BCUT2D eigenvalue weighted by atomic mass is 9.99. The molecule has 0 spiro atoms. The molecule has 2 N–H and O–H groups in total. The van der Waals surface area contributed by atoms with Gasteiger partial charge in [-0.1, -0.05) is 6.92 Å². The average molecular weight is 270 g/mol. The number of thiazole rings is 1. The monoisotopic (exact) mass is 270 g/mol. The highest BCUT2D eigenvalue weighted by atomic mass is 32.1. The summed E-state index contributed by atoms with van der Waals surface area (Å²) < 4.78 is 0. The fourth-order valence-electron chi connectivity index (χ4n) is 1.72. The maximum atomic E-state index is 10.4. The molecule has 102 valence electrons. The normalized spacial score (nSPS) is 14.4. The first kappa shape index (κ1) is 15.1. The predicted molar refractivity (Wildman–Crippen MR) is 74.0 cm³/mol. The molecule has 0 aliphatic heterocycles. The van der Waals surface area contributed by atoms with Crippen LogP contribution < -0.4 is 5.32 Å². The van der Waals surface area contributed by atoms with E-state index in [1.165, 1.54) is 0 Å². The summed E-state index contributed by atoms with van der Waals surface area (Å²) >= 11 is 1.68. The summed E-state index contributed by atoms with van der Waals surface area (Å²) in [4.78, 5) is 15.0. The van der Waals surface area contributed by atoms with Gasteiger partial charge in [-0.3, -0.25) is 4.79 Å². The van der Waals surface area contributed by atoms with Gasteiger partial charge in [0, 0.05) is 17.5 Å². The van der Waals surface area contributed by atoms with Crippen molar-refractivity contribution in [2.75, 3.05) is 6.54 Å². The Balaban J connectivity index is 2.43. The van der Waals surface area contributed by atoms with Crippen LogP contribution in [0.15, 0.2) is 5.38 Å². The summed E-state index contributed by atoms with van der Waals surface area (Å²) in [7, 11) is 0. The SMILES string of the molecule is CCC(C)(NCCCCC(=O)O)c1nc(C)cs1. The lowest BCUT2D eigenvalue weighted by Crippen LogP contribution is -2.39. The quantitative estimate of drug-likeness (QED) is 0.713. The summed E-state index contributed by atoms with van der Waals surface area (Å²) in [5.74, 6) is -0.719. The number of aliphatic carboxylic acids is 1. The third kappa shape index (κ3) is 4.38. The topological polar surface area (TPSA) is 62.2 Å². The van der Waals surface area contributed by atoms with E-state index < -0.39 is 5.97 Å². The Hall–Kier alpha value is -0.940. The van der Waals surface area contributed by atoms with Gasteiger partial charge in [-0.25, -0.2) is 4.98 Å². The van der Waals surface area contributed by atoms with Gasteiger partial charge in [-0.2, -0.15) is 0 Å². The van der Waals surface area contributed by atoms with Crippen molar-refractivity contribution >= 4 is 17.3 Å². The molecule has 0 aliphatic carbocycles. The molecule has 1 aromatic heterocycles. The van der Waals surface area contributed by atoms with Crippen molar-refractivity contribution in [3.63, 3.8) is 0 Å². The fourth-order valence-corrected chi connectivity index (χ4v) is 2.73. The van der Waals surface area contributed by atoms with Gasteiger partial charge in [-0.15, -0.1) is 11.3 Å². The van der Waals surface area contributed by atoms with Crippen LogP contribution >= 0.6 is 11.3 Å². The minimum absolute atomic E-state index is 0.0951. The molecule has 1 atom stereocenters. The van der Waals surface area contributed by atoms with Crippen molar-refractivity contribution in [3.8, 4) is 0 Å². The van der Waals surface area contributed by atoms with Gasteiger partial charge < -0.3 is 10.4 Å². The third-order valence-electron chi connectivity index (χ3n) is 3.13. The molecule has 0 radical (unpaired) electrons. The molecule has 0 aromatic carbocycles. The lowest BCUT2D eigenvalue weighted by molar-refractivity contribution is -0.137. The summed E-state index contributed by atoms with van der Waals surface area (Å²) in [5, 5.41) is 15.3. The second-order valence-electron chi connectivity index (χ2n) is 4.76. The minimum atomic E-state index is -0.719. The molecule has 0 bridgehead atoms. The number of hydrogen-bond acceptors (Lipinski definition) is 4. The van der Waals surface area contributed by atoms with E-state index in [9.17, 15) is 4.79 Å². The number of nitrogens with one attached hydrogen (secondary N) is 1. The van der Waals surface area contributed by atoms with Crippen LogP contribution in [0.2, 0.25) is 0 Å². The molecule has 1 heterocycles. The zero-order valence-corrected chi connectivity index (χ0v) is 12.1. The van der Waals surface area contributed by atoms with Crippen molar-refractivity contribution in [2.45, 2.75) is 52.0 Å². The van der Waals surface area contributed by atoms with Gasteiger partial charge >= 0.3 is 5.97 Å². The van der Waals surface area contributed by atoms with Crippen LogP contribution in [-0.4, -0.2) is 22.6 Å². The molecular weight excluding hydrogens is 248 g/mol. The zero-order valence-electron chi connectivity index (χ0n) is 11.3. The Labute approximate surface area is 112 Å². The summed E-state index contributed by atoms with van der Waals surface area (Å²) in [6.07, 6.45) is 2.82. The molecule has 18 heavy (non-hydrogen) atoms. The molecule has 0 aliphatic rings. The number of carboxylic acids is 1. The van der Waals surface area contributed by atoms with Crippen molar-refractivity contribution in [1.29, 1.82) is 0 Å². The molecule has 1 unspecified atom stereocenters. The molecule has 0 saturated heterocycles.